The highest BCUT2D eigenvalue weighted by molar-refractivity contribution is 5.88. The van der Waals surface area contributed by atoms with Crippen LogP contribution >= 0.6 is 0 Å². The van der Waals surface area contributed by atoms with Crippen LogP contribution in [0, 0.1) is 5.41 Å². The highest BCUT2D eigenvalue weighted by Crippen LogP contribution is 2.43. The van der Waals surface area contributed by atoms with Gasteiger partial charge in [-0.1, -0.05) is 0 Å². The molecule has 0 bridgehead atoms. The highest BCUT2D eigenvalue weighted by atomic mass is 16.3. The van der Waals surface area contributed by atoms with Crippen LogP contribution in [0.1, 0.15) is 51.9 Å². The van der Waals surface area contributed by atoms with E-state index in [1.165, 1.54) is 6.92 Å². The first-order valence-corrected chi connectivity index (χ1v) is 10.4. The maximum absolute atomic E-state index is 13.4. The predicted octanol–water partition coefficient (Wildman–Crippen LogP) is 2.16. The molecule has 1 atom stereocenters. The first kappa shape index (κ1) is 19.2. The van der Waals surface area contributed by atoms with Crippen LogP contribution in [-0.2, 0) is 9.59 Å². The van der Waals surface area contributed by atoms with E-state index < -0.39 is 0 Å². The summed E-state index contributed by atoms with van der Waals surface area (Å²) in [6, 6.07) is 4.08. The monoisotopic (exact) mass is 386 g/mol. The minimum absolute atomic E-state index is 0.113. The first-order valence-electron chi connectivity index (χ1n) is 10.4. The molecular weight excluding hydrogens is 356 g/mol. The average Bonchev–Trinajstić information content (AvgIpc) is 2.98. The fourth-order valence-electron chi connectivity index (χ4n) is 5.12. The molecule has 3 aliphatic rings. The van der Waals surface area contributed by atoms with Gasteiger partial charge in [0.2, 0.25) is 11.8 Å². The molecule has 152 valence electrons. The number of carbonyl (C=O) groups excluding carboxylic acids is 2. The summed E-state index contributed by atoms with van der Waals surface area (Å²) >= 11 is 0. The van der Waals surface area contributed by atoms with Crippen LogP contribution < -0.4 is 10.2 Å². The first-order chi connectivity index (χ1) is 13.5. The number of anilines is 2. The lowest BCUT2D eigenvalue weighted by Gasteiger charge is -2.41. The van der Waals surface area contributed by atoms with Crippen LogP contribution in [0.3, 0.4) is 0 Å². The highest BCUT2D eigenvalue weighted by Gasteiger charge is 2.50. The zero-order valence-corrected chi connectivity index (χ0v) is 16.6. The van der Waals surface area contributed by atoms with Crippen molar-refractivity contribution in [2.24, 2.45) is 5.41 Å². The Balaban J connectivity index is 1.44. The molecule has 0 aromatic carbocycles. The summed E-state index contributed by atoms with van der Waals surface area (Å²) in [4.78, 5) is 33.4. The Morgan fingerprint density at radius 2 is 2.00 bits per heavy atom. The second-order valence-electron chi connectivity index (χ2n) is 8.60. The van der Waals surface area contributed by atoms with Gasteiger partial charge in [0.1, 0.15) is 5.82 Å². The smallest absolute Gasteiger partial charge is 0.230 e. The lowest BCUT2D eigenvalue weighted by atomic mass is 9.78. The molecule has 7 heteroatoms. The van der Waals surface area contributed by atoms with E-state index in [2.05, 4.69) is 20.1 Å². The second kappa shape index (κ2) is 7.70. The summed E-state index contributed by atoms with van der Waals surface area (Å²) in [5.41, 5.74) is 0.386. The molecule has 0 unspecified atom stereocenters. The van der Waals surface area contributed by atoms with E-state index in [0.29, 0.717) is 24.2 Å². The van der Waals surface area contributed by atoms with E-state index in [4.69, 9.17) is 0 Å². The number of hydrogen-bond acceptors (Lipinski definition) is 5. The molecule has 2 amide bonds. The number of carbonyl (C=O) groups is 2. The zero-order valence-electron chi connectivity index (χ0n) is 16.6. The van der Waals surface area contributed by atoms with Crippen molar-refractivity contribution in [1.29, 1.82) is 0 Å². The van der Waals surface area contributed by atoms with Crippen molar-refractivity contribution in [3.8, 4) is 0 Å². The van der Waals surface area contributed by atoms with Crippen LogP contribution in [0.5, 0.6) is 0 Å². The fourth-order valence-corrected chi connectivity index (χ4v) is 5.12. The Bertz CT molecular complexity index is 730. The molecule has 2 saturated heterocycles. The van der Waals surface area contributed by atoms with Crippen LogP contribution in [-0.4, -0.2) is 58.6 Å². The van der Waals surface area contributed by atoms with E-state index >= 15 is 0 Å². The molecular formula is C21H30N4O3. The molecule has 3 heterocycles. The summed E-state index contributed by atoms with van der Waals surface area (Å²) in [6.07, 6.45) is 7.75. The third kappa shape index (κ3) is 3.72. The second-order valence-corrected chi connectivity index (χ2v) is 8.60. The number of piperidine rings is 1. The predicted molar refractivity (Wildman–Crippen MR) is 107 cm³/mol. The molecule has 0 radical (unpaired) electrons. The Morgan fingerprint density at radius 1 is 1.21 bits per heavy atom. The van der Waals surface area contributed by atoms with Gasteiger partial charge < -0.3 is 20.2 Å². The lowest BCUT2D eigenvalue weighted by Crippen LogP contribution is -2.50. The zero-order chi connectivity index (χ0) is 19.7. The van der Waals surface area contributed by atoms with E-state index in [0.717, 1.165) is 63.9 Å². The number of amides is 2. The van der Waals surface area contributed by atoms with Gasteiger partial charge >= 0.3 is 0 Å². The van der Waals surface area contributed by atoms with Crippen molar-refractivity contribution < 1.29 is 14.7 Å². The van der Waals surface area contributed by atoms with E-state index in [1.807, 2.05) is 12.1 Å². The Kier molecular flexibility index (Phi) is 5.27. The number of pyridine rings is 1. The Labute approximate surface area is 166 Å². The van der Waals surface area contributed by atoms with Gasteiger partial charge in [-0.05, 0) is 57.1 Å². The van der Waals surface area contributed by atoms with Crippen LogP contribution in [0.15, 0.2) is 18.3 Å². The Hall–Kier alpha value is -2.15. The molecule has 4 rings (SSSR count). The maximum atomic E-state index is 13.4. The summed E-state index contributed by atoms with van der Waals surface area (Å²) in [5, 5.41) is 12.5. The Morgan fingerprint density at radius 3 is 2.68 bits per heavy atom. The van der Waals surface area contributed by atoms with Crippen molar-refractivity contribution >= 4 is 23.3 Å². The van der Waals surface area contributed by atoms with Crippen molar-refractivity contribution in [2.45, 2.75) is 64.0 Å². The van der Waals surface area contributed by atoms with Gasteiger partial charge in [-0.2, -0.15) is 0 Å². The summed E-state index contributed by atoms with van der Waals surface area (Å²) in [5.74, 6) is 1.05. The van der Waals surface area contributed by atoms with Crippen LogP contribution in [0.4, 0.5) is 11.5 Å². The van der Waals surface area contributed by atoms with Crippen molar-refractivity contribution in [3.05, 3.63) is 18.3 Å². The molecule has 3 fully saturated rings. The number of hydrogen-bond donors (Lipinski definition) is 2. The number of aliphatic hydroxyl groups is 1. The molecule has 2 aliphatic heterocycles. The van der Waals surface area contributed by atoms with Crippen molar-refractivity contribution in [2.75, 3.05) is 29.9 Å². The standard InChI is InChI=1S/C21H30N4O3/c1-15(26)23-16-3-8-19(22-13-16)24-11-2-9-21(14-24)10-12-25(20(21)28)17-4-6-18(27)7-5-17/h3,8,13,17-18,27H,2,4-7,9-12,14H2,1H3,(H,23,26)/t17-,18-,21-/m0/s1. The molecule has 1 aliphatic carbocycles. The third-order valence-corrected chi connectivity index (χ3v) is 6.62. The summed E-state index contributed by atoms with van der Waals surface area (Å²) in [7, 11) is 0. The van der Waals surface area contributed by atoms with Gasteiger partial charge in [0.15, 0.2) is 0 Å². The summed E-state index contributed by atoms with van der Waals surface area (Å²) < 4.78 is 0. The molecule has 1 aromatic rings. The quantitative estimate of drug-likeness (QED) is 0.831. The van der Waals surface area contributed by atoms with E-state index in [9.17, 15) is 14.7 Å². The number of nitrogens with one attached hydrogen (secondary N) is 1. The topological polar surface area (TPSA) is 85.8 Å². The van der Waals surface area contributed by atoms with Crippen molar-refractivity contribution in [1.82, 2.24) is 9.88 Å². The van der Waals surface area contributed by atoms with E-state index in [-0.39, 0.29) is 17.4 Å². The molecule has 28 heavy (non-hydrogen) atoms. The normalized spacial score (nSPS) is 30.7. The molecule has 7 nitrogen and oxygen atoms in total. The number of rotatable bonds is 3. The average molecular weight is 386 g/mol. The number of likely N-dealkylation sites (tertiary alicyclic amines) is 1. The van der Waals surface area contributed by atoms with Gasteiger partial charge in [0.05, 0.1) is 23.4 Å². The minimum atomic E-state index is -0.299. The third-order valence-electron chi connectivity index (χ3n) is 6.62. The van der Waals surface area contributed by atoms with Crippen LogP contribution in [0.25, 0.3) is 0 Å². The molecule has 2 N–H and O–H groups in total. The summed E-state index contributed by atoms with van der Waals surface area (Å²) in [6.45, 7) is 3.93. The lowest BCUT2D eigenvalue weighted by molar-refractivity contribution is -0.139. The molecule has 1 aromatic heterocycles. The largest absolute Gasteiger partial charge is 0.393 e. The minimum Gasteiger partial charge on any atom is -0.393 e. The van der Waals surface area contributed by atoms with Crippen molar-refractivity contribution in [3.63, 3.8) is 0 Å². The molecule has 1 saturated carbocycles. The SMILES string of the molecule is CC(=O)Nc1ccc(N2CCC[C@]3(CCN([C@H]4CC[C@H](O)CC4)C3=O)C2)nc1. The van der Waals surface area contributed by atoms with Gasteiger partial charge in [-0.25, -0.2) is 4.98 Å². The van der Waals surface area contributed by atoms with Gasteiger partial charge in [0.25, 0.3) is 0 Å². The number of aromatic nitrogens is 1. The fraction of sp³-hybridized carbons (Fsp3) is 0.667. The molecule has 1 spiro atoms. The maximum Gasteiger partial charge on any atom is 0.230 e. The van der Waals surface area contributed by atoms with Gasteiger partial charge in [0, 0.05) is 32.6 Å². The number of aliphatic hydroxyl groups excluding tert-OH is 1. The van der Waals surface area contributed by atoms with Crippen LogP contribution in [0.2, 0.25) is 0 Å². The number of nitrogens with zero attached hydrogens (tertiary/aromatic N) is 3. The van der Waals surface area contributed by atoms with E-state index in [1.54, 1.807) is 6.20 Å². The van der Waals surface area contributed by atoms with Gasteiger partial charge in [-0.15, -0.1) is 0 Å². The van der Waals surface area contributed by atoms with Gasteiger partial charge in [-0.3, -0.25) is 9.59 Å².